The number of carbonyl (C=O) groups excluding carboxylic acids is 1. The lowest BCUT2D eigenvalue weighted by atomic mass is 9.57. The molecule has 3 heterocycles. The number of rotatable bonds is 3. The van der Waals surface area contributed by atoms with Crippen LogP contribution in [0.15, 0.2) is 18.2 Å². The average Bonchev–Trinajstić information content (AvgIpc) is 3.50. The van der Waals surface area contributed by atoms with Gasteiger partial charge in [-0.25, -0.2) is 0 Å². The SMILES string of the molecule is CC(C)(N1Cc2cc(Cl)ccc2-n2c(nnc2C2CC3(C2)CN(C(=O)C2(C(F)(F)F)CC2)C3)C1)C(F)(F)F. The van der Waals surface area contributed by atoms with Crippen molar-refractivity contribution < 1.29 is 31.1 Å². The lowest BCUT2D eigenvalue weighted by Gasteiger charge is -2.59. The minimum Gasteiger partial charge on any atom is -0.341 e. The fourth-order valence-corrected chi connectivity index (χ4v) is 6.44. The molecule has 3 fully saturated rings. The summed E-state index contributed by atoms with van der Waals surface area (Å²) in [5.41, 5.74) is -3.32. The van der Waals surface area contributed by atoms with Gasteiger partial charge in [0.1, 0.15) is 16.8 Å². The van der Waals surface area contributed by atoms with Crippen LogP contribution < -0.4 is 0 Å². The molecule has 1 amide bonds. The van der Waals surface area contributed by atoms with E-state index in [1.807, 2.05) is 0 Å². The van der Waals surface area contributed by atoms with E-state index in [1.165, 1.54) is 9.80 Å². The van der Waals surface area contributed by atoms with Gasteiger partial charge in [0.25, 0.3) is 0 Å². The summed E-state index contributed by atoms with van der Waals surface area (Å²) in [5.74, 6) is 0.0931. The maximum Gasteiger partial charge on any atom is 0.406 e. The zero-order valence-electron chi connectivity index (χ0n) is 20.8. The second-order valence-corrected chi connectivity index (χ2v) is 12.3. The number of alkyl halides is 6. The fourth-order valence-electron chi connectivity index (χ4n) is 6.24. The van der Waals surface area contributed by atoms with Crippen LogP contribution >= 0.6 is 11.6 Å². The van der Waals surface area contributed by atoms with E-state index in [1.54, 1.807) is 22.8 Å². The Morgan fingerprint density at radius 2 is 1.68 bits per heavy atom. The van der Waals surface area contributed by atoms with Gasteiger partial charge in [-0.05, 0) is 63.3 Å². The maximum atomic E-state index is 13.9. The quantitative estimate of drug-likeness (QED) is 0.456. The molecule has 2 saturated carbocycles. The third-order valence-electron chi connectivity index (χ3n) is 8.98. The second kappa shape index (κ2) is 7.87. The molecule has 1 aromatic heterocycles. The van der Waals surface area contributed by atoms with Crippen LogP contribution in [0.3, 0.4) is 0 Å². The lowest BCUT2D eigenvalue weighted by molar-refractivity contribution is -0.224. The first-order valence-corrected chi connectivity index (χ1v) is 12.9. The molecule has 1 aromatic carbocycles. The van der Waals surface area contributed by atoms with Crippen molar-refractivity contribution >= 4 is 17.5 Å². The molecule has 2 aliphatic heterocycles. The van der Waals surface area contributed by atoms with Crippen molar-refractivity contribution in [3.63, 3.8) is 0 Å². The van der Waals surface area contributed by atoms with Crippen LogP contribution in [0.25, 0.3) is 5.69 Å². The molecule has 0 N–H and O–H groups in total. The largest absolute Gasteiger partial charge is 0.406 e. The van der Waals surface area contributed by atoms with E-state index in [0.29, 0.717) is 40.8 Å². The molecular weight excluding hydrogens is 536 g/mol. The summed E-state index contributed by atoms with van der Waals surface area (Å²) in [4.78, 5) is 15.2. The van der Waals surface area contributed by atoms with Gasteiger partial charge in [0.15, 0.2) is 5.82 Å². The predicted molar refractivity (Wildman–Crippen MR) is 124 cm³/mol. The van der Waals surface area contributed by atoms with Crippen LogP contribution in [0.1, 0.15) is 62.7 Å². The molecule has 1 saturated heterocycles. The minimum atomic E-state index is -4.53. The monoisotopic (exact) mass is 561 g/mol. The van der Waals surface area contributed by atoms with Crippen molar-refractivity contribution in [1.29, 1.82) is 0 Å². The van der Waals surface area contributed by atoms with Crippen LogP contribution in [0.4, 0.5) is 26.3 Å². The molecule has 6 rings (SSSR count). The average molecular weight is 562 g/mol. The van der Waals surface area contributed by atoms with Crippen molar-refractivity contribution in [3.05, 3.63) is 40.4 Å². The third-order valence-corrected chi connectivity index (χ3v) is 9.22. The molecule has 206 valence electrons. The first-order chi connectivity index (χ1) is 17.6. The van der Waals surface area contributed by atoms with Crippen LogP contribution in [-0.2, 0) is 17.9 Å². The zero-order chi connectivity index (χ0) is 27.5. The number of likely N-dealkylation sites (tertiary alicyclic amines) is 1. The number of hydrogen-bond donors (Lipinski definition) is 0. The van der Waals surface area contributed by atoms with E-state index in [9.17, 15) is 31.1 Å². The van der Waals surface area contributed by atoms with Crippen molar-refractivity contribution in [2.45, 2.75) is 76.4 Å². The van der Waals surface area contributed by atoms with Crippen LogP contribution in [0.5, 0.6) is 0 Å². The zero-order valence-corrected chi connectivity index (χ0v) is 21.5. The predicted octanol–water partition coefficient (Wildman–Crippen LogP) is 5.63. The van der Waals surface area contributed by atoms with E-state index in [4.69, 9.17) is 11.6 Å². The van der Waals surface area contributed by atoms with Crippen LogP contribution in [-0.4, -0.2) is 61.5 Å². The highest BCUT2D eigenvalue weighted by molar-refractivity contribution is 6.30. The van der Waals surface area contributed by atoms with Crippen LogP contribution in [0, 0.1) is 10.8 Å². The number of amides is 1. The summed E-state index contributed by atoms with van der Waals surface area (Å²) in [6.45, 7) is 2.76. The van der Waals surface area contributed by atoms with Gasteiger partial charge in [0.05, 0.1) is 12.2 Å². The number of halogens is 7. The lowest BCUT2D eigenvalue weighted by Crippen LogP contribution is -2.65. The van der Waals surface area contributed by atoms with Gasteiger partial charge >= 0.3 is 12.4 Å². The molecule has 0 atom stereocenters. The maximum absolute atomic E-state index is 13.9. The van der Waals surface area contributed by atoms with E-state index in [0.717, 1.165) is 13.8 Å². The van der Waals surface area contributed by atoms with E-state index in [-0.39, 0.29) is 50.4 Å². The second-order valence-electron chi connectivity index (χ2n) is 11.8. The van der Waals surface area contributed by atoms with Crippen molar-refractivity contribution in [1.82, 2.24) is 24.6 Å². The summed E-state index contributed by atoms with van der Waals surface area (Å²) in [6, 6.07) is 5.08. The highest BCUT2D eigenvalue weighted by Gasteiger charge is 2.71. The van der Waals surface area contributed by atoms with E-state index < -0.39 is 29.2 Å². The Morgan fingerprint density at radius 3 is 2.26 bits per heavy atom. The summed E-state index contributed by atoms with van der Waals surface area (Å²) in [7, 11) is 0. The Hall–Kier alpha value is -2.34. The molecule has 38 heavy (non-hydrogen) atoms. The number of fused-ring (bicyclic) bond motifs is 3. The molecule has 2 aromatic rings. The number of nitrogens with zero attached hydrogens (tertiary/aromatic N) is 5. The topological polar surface area (TPSA) is 54.3 Å². The molecule has 1 spiro atoms. The smallest absolute Gasteiger partial charge is 0.341 e. The first kappa shape index (κ1) is 25.9. The van der Waals surface area contributed by atoms with Crippen molar-refractivity contribution in [2.24, 2.45) is 10.8 Å². The summed E-state index contributed by atoms with van der Waals surface area (Å²) in [5, 5.41) is 9.04. The number of benzene rings is 1. The Kier molecular flexibility index (Phi) is 5.36. The Balaban J connectivity index is 1.24. The molecule has 6 nitrogen and oxygen atoms in total. The number of hydrogen-bond acceptors (Lipinski definition) is 4. The van der Waals surface area contributed by atoms with E-state index in [2.05, 4.69) is 10.2 Å². The molecule has 4 aliphatic rings. The molecule has 0 unspecified atom stereocenters. The Bertz CT molecular complexity index is 1300. The van der Waals surface area contributed by atoms with Crippen LogP contribution in [0.2, 0.25) is 5.02 Å². The van der Waals surface area contributed by atoms with Gasteiger partial charge in [-0.3, -0.25) is 14.3 Å². The Labute approximate surface area is 219 Å². The normalized spacial score (nSPS) is 22.8. The molecule has 13 heteroatoms. The number of carbonyl (C=O) groups is 1. The molecule has 0 radical (unpaired) electrons. The third kappa shape index (κ3) is 3.69. The Morgan fingerprint density at radius 1 is 1.03 bits per heavy atom. The highest BCUT2D eigenvalue weighted by Crippen LogP contribution is 2.62. The molecule has 2 aliphatic carbocycles. The summed E-state index contributed by atoms with van der Waals surface area (Å²) in [6.07, 6.45) is -8.08. The van der Waals surface area contributed by atoms with Gasteiger partial charge in [-0.2, -0.15) is 26.3 Å². The molecular formula is C25H26ClF6N5O. The summed E-state index contributed by atoms with van der Waals surface area (Å²) >= 11 is 6.21. The summed E-state index contributed by atoms with van der Waals surface area (Å²) < 4.78 is 83.7. The first-order valence-electron chi connectivity index (χ1n) is 12.5. The fraction of sp³-hybridized carbons (Fsp3) is 0.640. The van der Waals surface area contributed by atoms with Gasteiger partial charge in [-0.15, -0.1) is 10.2 Å². The molecule has 0 bridgehead atoms. The van der Waals surface area contributed by atoms with Gasteiger partial charge in [-0.1, -0.05) is 11.6 Å². The van der Waals surface area contributed by atoms with Gasteiger partial charge in [0.2, 0.25) is 5.91 Å². The minimum absolute atomic E-state index is 0.0117. The van der Waals surface area contributed by atoms with Crippen molar-refractivity contribution in [3.8, 4) is 5.69 Å². The highest BCUT2D eigenvalue weighted by atomic mass is 35.5. The van der Waals surface area contributed by atoms with Gasteiger partial charge in [0, 0.05) is 36.0 Å². The van der Waals surface area contributed by atoms with Gasteiger partial charge < -0.3 is 4.90 Å². The number of aromatic nitrogens is 3. The van der Waals surface area contributed by atoms with Crippen molar-refractivity contribution in [2.75, 3.05) is 13.1 Å². The van der Waals surface area contributed by atoms with E-state index >= 15 is 0 Å². The standard InChI is InChI=1S/C25H26ClF6N5O/c1-21(2,24(27,28)29)36-10-14-7-16(26)3-4-17(14)37-18(11-36)33-34-19(37)15-8-22(9-15)12-35(13-22)20(38)23(5-6-23)25(30,31)32/h3-4,7,15H,5-6,8-13H2,1-2H3.